The summed E-state index contributed by atoms with van der Waals surface area (Å²) in [6.45, 7) is 0. The predicted molar refractivity (Wildman–Crippen MR) is 67.5 cm³/mol. The molecule has 0 amide bonds. The average Bonchev–Trinajstić information content (AvgIpc) is 2.28. The molecule has 2 unspecified atom stereocenters. The van der Waals surface area contributed by atoms with Crippen LogP contribution in [0, 0.1) is 0 Å². The van der Waals surface area contributed by atoms with E-state index in [0.717, 1.165) is 18.6 Å². The highest BCUT2D eigenvalue weighted by atomic mass is 35.5. The lowest BCUT2D eigenvalue weighted by Crippen LogP contribution is -2.51. The Morgan fingerprint density at radius 3 is 2.71 bits per heavy atom. The van der Waals surface area contributed by atoms with Crippen LogP contribution in [-0.4, -0.2) is 23.2 Å². The van der Waals surface area contributed by atoms with Crippen LogP contribution in [0.15, 0.2) is 18.5 Å². The second-order valence-corrected chi connectivity index (χ2v) is 5.48. The first-order chi connectivity index (χ1) is 8.29. The Bertz CT molecular complexity index is 387. The van der Waals surface area contributed by atoms with Gasteiger partial charge < -0.3 is 10.1 Å². The molecule has 2 aliphatic heterocycles. The topological polar surface area (TPSA) is 34.1 Å². The number of hydrogen-bond acceptors (Lipinski definition) is 3. The van der Waals surface area contributed by atoms with Crippen molar-refractivity contribution in [1.29, 1.82) is 0 Å². The fourth-order valence-electron chi connectivity index (χ4n) is 2.96. The molecule has 3 nitrogen and oxygen atoms in total. The Balaban J connectivity index is 1.65. The molecule has 2 aliphatic rings. The Morgan fingerprint density at radius 1 is 1.24 bits per heavy atom. The highest BCUT2D eigenvalue weighted by Crippen LogP contribution is 2.28. The summed E-state index contributed by atoms with van der Waals surface area (Å²) >= 11 is 5.90. The quantitative estimate of drug-likeness (QED) is 0.879. The van der Waals surface area contributed by atoms with E-state index in [4.69, 9.17) is 16.3 Å². The number of piperidine rings is 2. The fourth-order valence-corrected chi connectivity index (χ4v) is 3.12. The van der Waals surface area contributed by atoms with E-state index in [1.165, 1.54) is 19.3 Å². The van der Waals surface area contributed by atoms with Crippen LogP contribution in [0.2, 0.25) is 5.02 Å². The Labute approximate surface area is 107 Å². The van der Waals surface area contributed by atoms with E-state index in [9.17, 15) is 0 Å². The third kappa shape index (κ3) is 2.72. The standard InChI is InChI=1S/C13H17ClN2O/c14-9-4-13(8-15-7-9)17-12-5-10-2-1-3-11(6-12)16-10/h4,7-8,10-12,16H,1-3,5-6H2. The van der Waals surface area contributed by atoms with E-state index in [1.54, 1.807) is 12.4 Å². The number of halogens is 1. The summed E-state index contributed by atoms with van der Waals surface area (Å²) in [5.41, 5.74) is 0. The molecule has 0 aliphatic carbocycles. The van der Waals surface area contributed by atoms with Crippen molar-refractivity contribution in [2.24, 2.45) is 0 Å². The zero-order chi connectivity index (χ0) is 11.7. The maximum absolute atomic E-state index is 5.99. The maximum atomic E-state index is 5.99. The van der Waals surface area contributed by atoms with Gasteiger partial charge in [-0.3, -0.25) is 4.98 Å². The van der Waals surface area contributed by atoms with E-state index in [2.05, 4.69) is 10.3 Å². The van der Waals surface area contributed by atoms with Crippen molar-refractivity contribution < 1.29 is 4.74 Å². The van der Waals surface area contributed by atoms with Gasteiger partial charge in [0, 0.05) is 24.3 Å². The van der Waals surface area contributed by atoms with Crippen molar-refractivity contribution in [3.8, 4) is 5.75 Å². The maximum Gasteiger partial charge on any atom is 0.139 e. The van der Waals surface area contributed by atoms with E-state index in [0.29, 0.717) is 23.2 Å². The molecule has 1 N–H and O–H groups in total. The van der Waals surface area contributed by atoms with Gasteiger partial charge in [0.1, 0.15) is 11.9 Å². The molecule has 0 spiro atoms. The third-order valence-electron chi connectivity index (χ3n) is 3.65. The Morgan fingerprint density at radius 2 is 2.00 bits per heavy atom. The summed E-state index contributed by atoms with van der Waals surface area (Å²) in [6, 6.07) is 3.12. The molecule has 1 aromatic rings. The molecule has 4 heteroatoms. The van der Waals surface area contributed by atoms with Gasteiger partial charge in [-0.1, -0.05) is 18.0 Å². The molecule has 2 saturated heterocycles. The molecule has 1 aromatic heterocycles. The number of hydrogen-bond donors (Lipinski definition) is 1. The number of rotatable bonds is 2. The van der Waals surface area contributed by atoms with E-state index in [-0.39, 0.29) is 0 Å². The lowest BCUT2D eigenvalue weighted by Gasteiger charge is -2.40. The van der Waals surface area contributed by atoms with Crippen molar-refractivity contribution in [2.75, 3.05) is 0 Å². The molecular formula is C13H17ClN2O. The minimum atomic E-state index is 0.312. The van der Waals surface area contributed by atoms with Crippen LogP contribution in [0.4, 0.5) is 0 Å². The van der Waals surface area contributed by atoms with Gasteiger partial charge in [0.25, 0.3) is 0 Å². The van der Waals surface area contributed by atoms with Gasteiger partial charge in [-0.05, 0) is 25.7 Å². The van der Waals surface area contributed by atoms with Gasteiger partial charge in [-0.25, -0.2) is 0 Å². The SMILES string of the molecule is Clc1cncc(OC2CC3CCCC(C2)N3)c1. The van der Waals surface area contributed by atoms with Gasteiger partial charge in [0.05, 0.1) is 11.2 Å². The largest absolute Gasteiger partial charge is 0.489 e. The van der Waals surface area contributed by atoms with Crippen molar-refractivity contribution in [1.82, 2.24) is 10.3 Å². The van der Waals surface area contributed by atoms with Crippen LogP contribution < -0.4 is 10.1 Å². The van der Waals surface area contributed by atoms with Gasteiger partial charge in [-0.2, -0.15) is 0 Å². The van der Waals surface area contributed by atoms with E-state index in [1.807, 2.05) is 6.07 Å². The van der Waals surface area contributed by atoms with E-state index >= 15 is 0 Å². The first kappa shape index (κ1) is 11.3. The van der Waals surface area contributed by atoms with Gasteiger partial charge >= 0.3 is 0 Å². The monoisotopic (exact) mass is 252 g/mol. The van der Waals surface area contributed by atoms with Crippen LogP contribution in [-0.2, 0) is 0 Å². The first-order valence-corrected chi connectivity index (χ1v) is 6.70. The molecule has 17 heavy (non-hydrogen) atoms. The lowest BCUT2D eigenvalue weighted by molar-refractivity contribution is 0.0924. The number of aromatic nitrogens is 1. The normalized spacial score (nSPS) is 32.2. The van der Waals surface area contributed by atoms with Crippen LogP contribution in [0.1, 0.15) is 32.1 Å². The zero-order valence-corrected chi connectivity index (χ0v) is 10.5. The lowest BCUT2D eigenvalue weighted by atomic mass is 9.85. The molecule has 0 saturated carbocycles. The molecule has 2 atom stereocenters. The predicted octanol–water partition coefficient (Wildman–Crippen LogP) is 2.79. The minimum Gasteiger partial charge on any atom is -0.489 e. The van der Waals surface area contributed by atoms with Crippen LogP contribution in [0.3, 0.4) is 0 Å². The van der Waals surface area contributed by atoms with Crippen LogP contribution >= 0.6 is 11.6 Å². The molecular weight excluding hydrogens is 236 g/mol. The molecule has 2 fully saturated rings. The molecule has 0 aromatic carbocycles. The number of fused-ring (bicyclic) bond motifs is 2. The summed E-state index contributed by atoms with van der Waals surface area (Å²) in [4.78, 5) is 4.05. The van der Waals surface area contributed by atoms with Gasteiger partial charge in [-0.15, -0.1) is 0 Å². The summed E-state index contributed by atoms with van der Waals surface area (Å²) in [6.07, 6.45) is 9.80. The Hall–Kier alpha value is -0.800. The molecule has 0 radical (unpaired) electrons. The highest BCUT2D eigenvalue weighted by Gasteiger charge is 2.32. The summed E-state index contributed by atoms with van der Waals surface area (Å²) in [7, 11) is 0. The van der Waals surface area contributed by atoms with Crippen molar-refractivity contribution in [3.63, 3.8) is 0 Å². The molecule has 3 heterocycles. The smallest absolute Gasteiger partial charge is 0.139 e. The van der Waals surface area contributed by atoms with Crippen molar-refractivity contribution >= 4 is 11.6 Å². The first-order valence-electron chi connectivity index (χ1n) is 6.33. The number of pyridine rings is 1. The number of nitrogens with one attached hydrogen (secondary N) is 1. The second-order valence-electron chi connectivity index (χ2n) is 5.04. The Kier molecular flexibility index (Phi) is 3.21. The summed E-state index contributed by atoms with van der Waals surface area (Å²) in [5, 5.41) is 4.29. The molecule has 3 rings (SSSR count). The average molecular weight is 253 g/mol. The van der Waals surface area contributed by atoms with Gasteiger partial charge in [0.15, 0.2) is 0 Å². The van der Waals surface area contributed by atoms with Crippen LogP contribution in [0.25, 0.3) is 0 Å². The van der Waals surface area contributed by atoms with Crippen LogP contribution in [0.5, 0.6) is 5.75 Å². The van der Waals surface area contributed by atoms with Crippen molar-refractivity contribution in [3.05, 3.63) is 23.5 Å². The highest BCUT2D eigenvalue weighted by molar-refractivity contribution is 6.30. The fraction of sp³-hybridized carbons (Fsp3) is 0.615. The van der Waals surface area contributed by atoms with Crippen molar-refractivity contribution in [2.45, 2.75) is 50.3 Å². The third-order valence-corrected chi connectivity index (χ3v) is 3.86. The molecule has 2 bridgehead atoms. The van der Waals surface area contributed by atoms with Gasteiger partial charge in [0.2, 0.25) is 0 Å². The zero-order valence-electron chi connectivity index (χ0n) is 9.73. The summed E-state index contributed by atoms with van der Waals surface area (Å²) < 4.78 is 5.99. The number of nitrogens with zero attached hydrogens (tertiary/aromatic N) is 1. The summed E-state index contributed by atoms with van der Waals surface area (Å²) in [5.74, 6) is 0.794. The minimum absolute atomic E-state index is 0.312. The second kappa shape index (κ2) is 4.83. The van der Waals surface area contributed by atoms with E-state index < -0.39 is 0 Å². The number of ether oxygens (including phenoxy) is 1. The molecule has 92 valence electrons.